The third-order valence-electron chi connectivity index (χ3n) is 2.09. The van der Waals surface area contributed by atoms with Gasteiger partial charge in [-0.25, -0.2) is 4.98 Å². The van der Waals surface area contributed by atoms with Gasteiger partial charge in [-0.05, 0) is 6.92 Å². The standard InChI is InChI=1S/C8H9ClN2O2S/c1-4(12)5-6(9)10-8-11(7(5)13)2-3-14-8/h4,12H,2-3H2,1H3. The molecule has 1 atom stereocenters. The van der Waals surface area contributed by atoms with Gasteiger partial charge >= 0.3 is 0 Å². The summed E-state index contributed by atoms with van der Waals surface area (Å²) in [5.41, 5.74) is -0.0297. The van der Waals surface area contributed by atoms with E-state index in [9.17, 15) is 9.90 Å². The topological polar surface area (TPSA) is 55.1 Å². The first-order chi connectivity index (χ1) is 6.61. The van der Waals surface area contributed by atoms with Crippen LogP contribution in [-0.4, -0.2) is 20.4 Å². The zero-order valence-corrected chi connectivity index (χ0v) is 9.10. The molecule has 76 valence electrons. The molecule has 0 saturated carbocycles. The Balaban J connectivity index is 2.69. The molecule has 0 fully saturated rings. The fourth-order valence-corrected chi connectivity index (χ4v) is 2.72. The number of halogens is 1. The van der Waals surface area contributed by atoms with Crippen LogP contribution in [0.4, 0.5) is 0 Å². The van der Waals surface area contributed by atoms with Crippen molar-refractivity contribution in [1.29, 1.82) is 0 Å². The first-order valence-corrected chi connectivity index (χ1v) is 5.58. The van der Waals surface area contributed by atoms with Crippen molar-refractivity contribution in [2.24, 2.45) is 0 Å². The van der Waals surface area contributed by atoms with Gasteiger partial charge in [-0.15, -0.1) is 0 Å². The molecular formula is C8H9ClN2O2S. The number of fused-ring (bicyclic) bond motifs is 1. The molecule has 1 aromatic heterocycles. The van der Waals surface area contributed by atoms with Crippen LogP contribution in [0.5, 0.6) is 0 Å². The number of aliphatic hydroxyl groups is 1. The van der Waals surface area contributed by atoms with Gasteiger partial charge < -0.3 is 5.11 Å². The SMILES string of the molecule is CC(O)c1c(Cl)nc2n(c1=O)CCS2. The number of aliphatic hydroxyl groups excluding tert-OH is 1. The molecule has 4 nitrogen and oxygen atoms in total. The molecule has 1 aliphatic heterocycles. The molecule has 0 amide bonds. The van der Waals surface area contributed by atoms with Crippen molar-refractivity contribution in [1.82, 2.24) is 9.55 Å². The van der Waals surface area contributed by atoms with E-state index in [-0.39, 0.29) is 16.3 Å². The minimum atomic E-state index is -0.870. The average Bonchev–Trinajstić information content (AvgIpc) is 2.50. The number of thioether (sulfide) groups is 1. The van der Waals surface area contributed by atoms with E-state index < -0.39 is 6.10 Å². The quantitative estimate of drug-likeness (QED) is 0.581. The molecule has 0 radical (unpaired) electrons. The predicted molar refractivity (Wildman–Crippen MR) is 54.9 cm³/mol. The second-order valence-electron chi connectivity index (χ2n) is 3.08. The molecule has 0 aliphatic carbocycles. The molecule has 0 spiro atoms. The molecule has 14 heavy (non-hydrogen) atoms. The third kappa shape index (κ3) is 1.45. The van der Waals surface area contributed by atoms with Gasteiger partial charge in [0, 0.05) is 12.3 Å². The van der Waals surface area contributed by atoms with E-state index in [2.05, 4.69) is 4.98 Å². The van der Waals surface area contributed by atoms with Crippen LogP contribution in [-0.2, 0) is 6.54 Å². The lowest BCUT2D eigenvalue weighted by Gasteiger charge is -2.08. The molecule has 6 heteroatoms. The van der Waals surface area contributed by atoms with Gasteiger partial charge in [0.15, 0.2) is 5.16 Å². The summed E-state index contributed by atoms with van der Waals surface area (Å²) in [6.07, 6.45) is -0.870. The molecule has 2 heterocycles. The number of hydrogen-bond donors (Lipinski definition) is 1. The normalized spacial score (nSPS) is 16.8. The number of aromatic nitrogens is 2. The summed E-state index contributed by atoms with van der Waals surface area (Å²) in [6.45, 7) is 2.15. The molecule has 1 unspecified atom stereocenters. The minimum Gasteiger partial charge on any atom is -0.388 e. The number of rotatable bonds is 1. The minimum absolute atomic E-state index is 0.116. The van der Waals surface area contributed by atoms with Crippen molar-refractivity contribution in [3.05, 3.63) is 21.1 Å². The molecule has 1 aliphatic rings. The van der Waals surface area contributed by atoms with Gasteiger partial charge in [0.05, 0.1) is 11.7 Å². The Labute approximate surface area is 89.9 Å². The van der Waals surface area contributed by atoms with Crippen molar-refractivity contribution in [2.45, 2.75) is 24.7 Å². The molecule has 0 saturated heterocycles. The van der Waals surface area contributed by atoms with Gasteiger partial charge in [0.1, 0.15) is 5.15 Å². The lowest BCUT2D eigenvalue weighted by molar-refractivity contribution is 0.196. The van der Waals surface area contributed by atoms with E-state index in [4.69, 9.17) is 11.6 Å². The molecule has 0 bridgehead atoms. The Morgan fingerprint density at radius 2 is 2.43 bits per heavy atom. The maximum atomic E-state index is 11.8. The molecular weight excluding hydrogens is 224 g/mol. The lowest BCUT2D eigenvalue weighted by atomic mass is 10.2. The zero-order chi connectivity index (χ0) is 10.3. The van der Waals surface area contributed by atoms with Crippen LogP contribution in [0.2, 0.25) is 5.15 Å². The summed E-state index contributed by atoms with van der Waals surface area (Å²) in [5.74, 6) is 0.835. The van der Waals surface area contributed by atoms with E-state index in [1.807, 2.05) is 0 Å². The maximum absolute atomic E-state index is 11.8. The first kappa shape index (κ1) is 10.0. The predicted octanol–water partition coefficient (Wildman–Crippen LogP) is 1.06. The summed E-state index contributed by atoms with van der Waals surface area (Å²) < 4.78 is 1.55. The highest BCUT2D eigenvalue weighted by Gasteiger charge is 2.21. The van der Waals surface area contributed by atoms with Gasteiger partial charge in [-0.1, -0.05) is 23.4 Å². The summed E-state index contributed by atoms with van der Waals surface area (Å²) in [5, 5.41) is 10.1. The second kappa shape index (κ2) is 3.56. The highest BCUT2D eigenvalue weighted by Crippen LogP contribution is 2.25. The Morgan fingerprint density at radius 3 is 3.07 bits per heavy atom. The average molecular weight is 233 g/mol. The van der Waals surface area contributed by atoms with Gasteiger partial charge in [-0.2, -0.15) is 0 Å². The smallest absolute Gasteiger partial charge is 0.261 e. The first-order valence-electron chi connectivity index (χ1n) is 4.22. The van der Waals surface area contributed by atoms with Crippen LogP contribution in [0.25, 0.3) is 0 Å². The molecule has 1 N–H and O–H groups in total. The Hall–Kier alpha value is -0.520. The maximum Gasteiger partial charge on any atom is 0.261 e. The Morgan fingerprint density at radius 1 is 1.71 bits per heavy atom. The van der Waals surface area contributed by atoms with Crippen LogP contribution < -0.4 is 5.56 Å². The zero-order valence-electron chi connectivity index (χ0n) is 7.53. The van der Waals surface area contributed by atoms with Crippen molar-refractivity contribution in [3.8, 4) is 0 Å². The van der Waals surface area contributed by atoms with Crippen LogP contribution in [0.3, 0.4) is 0 Å². The summed E-state index contributed by atoms with van der Waals surface area (Å²) in [7, 11) is 0. The lowest BCUT2D eigenvalue weighted by Crippen LogP contribution is -2.26. The third-order valence-corrected chi connectivity index (χ3v) is 3.33. The van der Waals surface area contributed by atoms with Crippen LogP contribution >= 0.6 is 23.4 Å². The van der Waals surface area contributed by atoms with Gasteiger partial charge in [0.25, 0.3) is 5.56 Å². The molecule has 2 rings (SSSR count). The molecule has 0 aromatic carbocycles. The van der Waals surface area contributed by atoms with E-state index in [0.29, 0.717) is 11.7 Å². The number of nitrogens with zero attached hydrogens (tertiary/aromatic N) is 2. The van der Waals surface area contributed by atoms with E-state index in [1.165, 1.54) is 18.7 Å². The monoisotopic (exact) mass is 232 g/mol. The van der Waals surface area contributed by atoms with Crippen LogP contribution in [0.1, 0.15) is 18.6 Å². The van der Waals surface area contributed by atoms with Crippen LogP contribution in [0, 0.1) is 0 Å². The Bertz CT molecular complexity index is 430. The molecule has 1 aromatic rings. The largest absolute Gasteiger partial charge is 0.388 e. The van der Waals surface area contributed by atoms with Gasteiger partial charge in [0.2, 0.25) is 0 Å². The van der Waals surface area contributed by atoms with E-state index >= 15 is 0 Å². The van der Waals surface area contributed by atoms with Crippen molar-refractivity contribution < 1.29 is 5.11 Å². The summed E-state index contributed by atoms with van der Waals surface area (Å²) in [6, 6.07) is 0. The van der Waals surface area contributed by atoms with Crippen LogP contribution in [0.15, 0.2) is 9.95 Å². The number of hydrogen-bond acceptors (Lipinski definition) is 4. The van der Waals surface area contributed by atoms with Crippen molar-refractivity contribution >= 4 is 23.4 Å². The van der Waals surface area contributed by atoms with E-state index in [0.717, 1.165) is 5.75 Å². The summed E-state index contributed by atoms with van der Waals surface area (Å²) in [4.78, 5) is 15.9. The second-order valence-corrected chi connectivity index (χ2v) is 4.50. The van der Waals surface area contributed by atoms with Gasteiger partial charge in [-0.3, -0.25) is 9.36 Å². The fraction of sp³-hybridized carbons (Fsp3) is 0.500. The highest BCUT2D eigenvalue weighted by molar-refractivity contribution is 7.99. The fourth-order valence-electron chi connectivity index (χ4n) is 1.41. The van der Waals surface area contributed by atoms with Crippen molar-refractivity contribution in [3.63, 3.8) is 0 Å². The van der Waals surface area contributed by atoms with E-state index in [1.54, 1.807) is 4.57 Å². The van der Waals surface area contributed by atoms with Crippen molar-refractivity contribution in [2.75, 3.05) is 5.75 Å². The summed E-state index contributed by atoms with van der Waals surface area (Å²) >= 11 is 7.31. The Kier molecular flexibility index (Phi) is 2.55. The highest BCUT2D eigenvalue weighted by atomic mass is 35.5.